The van der Waals surface area contributed by atoms with Crippen LogP contribution in [-0.2, 0) is 14.8 Å². The smallest absolute Gasteiger partial charge is 0.322 e. The second kappa shape index (κ2) is 5.98. The van der Waals surface area contributed by atoms with Crippen molar-refractivity contribution >= 4 is 16.0 Å². The fraction of sp³-hybridized carbons (Fsp3) is 0.333. The molecule has 1 aromatic rings. The number of carboxylic acids is 1. The van der Waals surface area contributed by atoms with Gasteiger partial charge in [-0.05, 0) is 24.1 Å². The number of halogens is 1. The number of sulfonamides is 1. The van der Waals surface area contributed by atoms with Crippen molar-refractivity contribution in [1.82, 2.24) is 4.72 Å². The van der Waals surface area contributed by atoms with Gasteiger partial charge in [0.1, 0.15) is 17.9 Å². The minimum atomic E-state index is -4.23. The number of aliphatic carboxylic acids is 1. The van der Waals surface area contributed by atoms with Crippen LogP contribution in [0.15, 0.2) is 23.1 Å². The second-order valence-corrected chi connectivity index (χ2v) is 6.12. The van der Waals surface area contributed by atoms with E-state index in [-0.39, 0.29) is 5.56 Å². The molecule has 0 bridgehead atoms. The Morgan fingerprint density at radius 2 is 2.05 bits per heavy atom. The first-order chi connectivity index (χ1) is 9.19. The highest BCUT2D eigenvalue weighted by molar-refractivity contribution is 7.89. The van der Waals surface area contributed by atoms with Crippen molar-refractivity contribution in [3.8, 4) is 6.07 Å². The summed E-state index contributed by atoms with van der Waals surface area (Å²) in [5, 5.41) is 17.8. The maximum Gasteiger partial charge on any atom is 0.322 e. The predicted octanol–water partition coefficient (Wildman–Crippen LogP) is 1.08. The standard InChI is InChI=1S/C12H13FN2O4S/c1-7(2)11(12(16)17)15-20(18,19)10-4-3-9(13)5-8(10)6-14/h3-5,7,11,15H,1-2H3,(H,16,17). The lowest BCUT2D eigenvalue weighted by atomic mass is 10.1. The van der Waals surface area contributed by atoms with Crippen molar-refractivity contribution in [3.05, 3.63) is 29.6 Å². The quantitative estimate of drug-likeness (QED) is 0.846. The Labute approximate surface area is 115 Å². The van der Waals surface area contributed by atoms with Crippen molar-refractivity contribution in [2.24, 2.45) is 5.92 Å². The van der Waals surface area contributed by atoms with Gasteiger partial charge in [0.05, 0.1) is 10.5 Å². The lowest BCUT2D eigenvalue weighted by Gasteiger charge is -2.18. The fourth-order valence-corrected chi connectivity index (χ4v) is 3.00. The van der Waals surface area contributed by atoms with Crippen LogP contribution in [0.5, 0.6) is 0 Å². The van der Waals surface area contributed by atoms with E-state index in [2.05, 4.69) is 0 Å². The number of hydrogen-bond donors (Lipinski definition) is 2. The van der Waals surface area contributed by atoms with Crippen LogP contribution in [0.1, 0.15) is 19.4 Å². The Kier molecular flexibility index (Phi) is 4.81. The van der Waals surface area contributed by atoms with Crippen LogP contribution in [-0.4, -0.2) is 25.5 Å². The third-order valence-electron chi connectivity index (χ3n) is 2.57. The average molecular weight is 300 g/mol. The minimum absolute atomic E-state index is 0.384. The lowest BCUT2D eigenvalue weighted by molar-refractivity contribution is -0.140. The van der Waals surface area contributed by atoms with Crippen molar-refractivity contribution in [3.63, 3.8) is 0 Å². The largest absolute Gasteiger partial charge is 0.480 e. The molecule has 0 amide bonds. The molecule has 0 aliphatic carbocycles. The molecule has 2 N–H and O–H groups in total. The van der Waals surface area contributed by atoms with Crippen molar-refractivity contribution in [1.29, 1.82) is 5.26 Å². The lowest BCUT2D eigenvalue weighted by Crippen LogP contribution is -2.44. The summed E-state index contributed by atoms with van der Waals surface area (Å²) in [4.78, 5) is 10.6. The van der Waals surface area contributed by atoms with Crippen molar-refractivity contribution in [2.45, 2.75) is 24.8 Å². The van der Waals surface area contributed by atoms with Crippen LogP contribution < -0.4 is 4.72 Å². The van der Waals surface area contributed by atoms with Gasteiger partial charge < -0.3 is 5.11 Å². The molecule has 1 aromatic carbocycles. The molecule has 0 aliphatic heterocycles. The summed E-state index contributed by atoms with van der Waals surface area (Å²) in [5.74, 6) is -2.57. The van der Waals surface area contributed by atoms with Crippen molar-refractivity contribution in [2.75, 3.05) is 0 Å². The molecule has 0 aromatic heterocycles. The highest BCUT2D eigenvalue weighted by atomic mass is 32.2. The molecule has 108 valence electrons. The summed E-state index contributed by atoms with van der Waals surface area (Å²) in [7, 11) is -4.23. The fourth-order valence-electron chi connectivity index (χ4n) is 1.53. The zero-order valence-corrected chi connectivity index (χ0v) is 11.6. The van der Waals surface area contributed by atoms with Crippen LogP contribution in [0, 0.1) is 23.1 Å². The molecule has 0 saturated carbocycles. The Morgan fingerprint density at radius 3 is 2.50 bits per heavy atom. The molecule has 0 saturated heterocycles. The summed E-state index contributed by atoms with van der Waals surface area (Å²) >= 11 is 0. The van der Waals surface area contributed by atoms with Gasteiger partial charge in [-0.15, -0.1) is 0 Å². The number of rotatable bonds is 5. The molecule has 1 atom stereocenters. The predicted molar refractivity (Wildman–Crippen MR) is 67.7 cm³/mol. The molecule has 1 rings (SSSR count). The van der Waals surface area contributed by atoms with E-state index >= 15 is 0 Å². The molecular formula is C12H13FN2O4S. The number of nitrogens with zero attached hydrogens (tertiary/aromatic N) is 1. The first kappa shape index (κ1) is 16.1. The van der Waals surface area contributed by atoms with Gasteiger partial charge in [0, 0.05) is 0 Å². The number of carboxylic acid groups (broad SMARTS) is 1. The van der Waals surface area contributed by atoms with E-state index in [0.717, 1.165) is 18.2 Å². The van der Waals surface area contributed by atoms with Gasteiger partial charge in [-0.3, -0.25) is 4.79 Å². The maximum atomic E-state index is 13.0. The van der Waals surface area contributed by atoms with Crippen molar-refractivity contribution < 1.29 is 22.7 Å². The summed E-state index contributed by atoms with van der Waals surface area (Å²) in [6, 6.07) is 2.82. The van der Waals surface area contributed by atoms with Crippen LogP contribution >= 0.6 is 0 Å². The first-order valence-electron chi connectivity index (χ1n) is 5.64. The normalized spacial score (nSPS) is 12.9. The summed E-state index contributed by atoms with van der Waals surface area (Å²) < 4.78 is 39.2. The summed E-state index contributed by atoms with van der Waals surface area (Å²) in [6.45, 7) is 3.08. The van der Waals surface area contributed by atoms with Gasteiger partial charge >= 0.3 is 5.97 Å². The number of carbonyl (C=O) groups is 1. The first-order valence-corrected chi connectivity index (χ1v) is 7.12. The molecule has 0 fully saturated rings. The Morgan fingerprint density at radius 1 is 1.45 bits per heavy atom. The number of hydrogen-bond acceptors (Lipinski definition) is 4. The average Bonchev–Trinajstić information content (AvgIpc) is 2.34. The molecule has 20 heavy (non-hydrogen) atoms. The molecule has 0 heterocycles. The molecule has 0 radical (unpaired) electrons. The van der Waals surface area contributed by atoms with Crippen LogP contribution in [0.2, 0.25) is 0 Å². The van der Waals surface area contributed by atoms with Gasteiger partial charge in [0.15, 0.2) is 0 Å². The molecular weight excluding hydrogens is 287 g/mol. The molecule has 6 nitrogen and oxygen atoms in total. The summed E-state index contributed by atoms with van der Waals surface area (Å²) in [5.41, 5.74) is -0.384. The van der Waals surface area contributed by atoms with Crippen LogP contribution in [0.3, 0.4) is 0 Å². The van der Waals surface area contributed by atoms with E-state index in [9.17, 15) is 17.6 Å². The molecule has 0 spiro atoms. The zero-order chi connectivity index (χ0) is 15.5. The SMILES string of the molecule is CC(C)C(NS(=O)(=O)c1ccc(F)cc1C#N)C(=O)O. The van der Waals surface area contributed by atoms with E-state index in [1.54, 1.807) is 6.07 Å². The monoisotopic (exact) mass is 300 g/mol. The molecule has 0 aliphatic rings. The van der Waals surface area contributed by atoms with E-state index < -0.39 is 38.7 Å². The number of nitriles is 1. The highest BCUT2D eigenvalue weighted by Crippen LogP contribution is 2.17. The molecule has 8 heteroatoms. The van der Waals surface area contributed by atoms with Crippen LogP contribution in [0.4, 0.5) is 4.39 Å². The Bertz CT molecular complexity index is 665. The van der Waals surface area contributed by atoms with Gasteiger partial charge in [-0.1, -0.05) is 13.8 Å². The number of nitrogens with one attached hydrogen (secondary N) is 1. The highest BCUT2D eigenvalue weighted by Gasteiger charge is 2.29. The maximum absolute atomic E-state index is 13.0. The van der Waals surface area contributed by atoms with Gasteiger partial charge in [0.2, 0.25) is 10.0 Å². The van der Waals surface area contributed by atoms with E-state index in [4.69, 9.17) is 10.4 Å². The van der Waals surface area contributed by atoms with Gasteiger partial charge in [0.25, 0.3) is 0 Å². The van der Waals surface area contributed by atoms with E-state index in [0.29, 0.717) is 0 Å². The van der Waals surface area contributed by atoms with Gasteiger partial charge in [-0.25, -0.2) is 12.8 Å². The van der Waals surface area contributed by atoms with Gasteiger partial charge in [-0.2, -0.15) is 9.98 Å². The number of benzene rings is 1. The third-order valence-corrected chi connectivity index (χ3v) is 4.07. The summed E-state index contributed by atoms with van der Waals surface area (Å²) in [6.07, 6.45) is 0. The van der Waals surface area contributed by atoms with E-state index in [1.165, 1.54) is 13.8 Å². The van der Waals surface area contributed by atoms with Crippen LogP contribution in [0.25, 0.3) is 0 Å². The Hall–Kier alpha value is -1.98. The van der Waals surface area contributed by atoms with E-state index in [1.807, 2.05) is 4.72 Å². The third kappa shape index (κ3) is 3.53. The minimum Gasteiger partial charge on any atom is -0.480 e. The topological polar surface area (TPSA) is 107 Å². The Balaban J connectivity index is 3.25. The molecule has 1 unspecified atom stereocenters. The second-order valence-electron chi connectivity index (χ2n) is 4.43. The zero-order valence-electron chi connectivity index (χ0n) is 10.8.